The Labute approximate surface area is 95.4 Å². The molecule has 1 nitrogen and oxygen atoms in total. The van der Waals surface area contributed by atoms with Crippen molar-refractivity contribution >= 4 is 33.3 Å². The third kappa shape index (κ3) is 2.79. The molecule has 0 aliphatic rings. The molecule has 1 aromatic carbocycles. The van der Waals surface area contributed by atoms with Crippen LogP contribution in [-0.4, -0.2) is 11.1 Å². The molecule has 0 amide bonds. The summed E-state index contributed by atoms with van der Waals surface area (Å²) in [5.74, 6) is -0.283. The number of hydrogen-bond acceptors (Lipinski definition) is 1. The van der Waals surface area contributed by atoms with Crippen LogP contribution in [-0.2, 0) is 17.1 Å². The fourth-order valence-corrected chi connectivity index (χ4v) is 1.54. The number of carbonyl (C=O) groups excluding carboxylic acids is 1. The molecule has 0 saturated heterocycles. The molecule has 0 aliphatic heterocycles. The van der Waals surface area contributed by atoms with Gasteiger partial charge < -0.3 is 0 Å². The Kier molecular flexibility index (Phi) is 4.55. The van der Waals surface area contributed by atoms with Gasteiger partial charge in [0.05, 0.1) is 11.2 Å². The summed E-state index contributed by atoms with van der Waals surface area (Å²) in [6, 6.07) is 4.92. The molecule has 0 N–H and O–H groups in total. The van der Waals surface area contributed by atoms with E-state index in [2.05, 4.69) is 15.9 Å². The molecule has 0 atom stereocenters. The fraction of sp³-hybridized carbons (Fsp3) is 0.300. The molecule has 0 fully saturated rings. The zero-order valence-electron chi connectivity index (χ0n) is 7.40. The summed E-state index contributed by atoms with van der Waals surface area (Å²) in [6.07, 6.45) is 0.113. The first-order valence-corrected chi connectivity index (χ1v) is 5.74. The highest BCUT2D eigenvalue weighted by atomic mass is 79.9. The largest absolute Gasteiger partial charge is 0.298 e. The second-order valence-corrected chi connectivity index (χ2v) is 3.70. The van der Waals surface area contributed by atoms with Gasteiger partial charge in [-0.15, -0.1) is 11.6 Å². The molecule has 0 heterocycles. The monoisotopic (exact) mass is 278 g/mol. The standard InChI is InChI=1S/C10H9BrClFO/c11-5-9(14)4-7-2-1-3-8(6-12)10(7)13/h1-3H,4-6H2. The lowest BCUT2D eigenvalue weighted by atomic mass is 10.1. The molecule has 0 saturated carbocycles. The van der Waals surface area contributed by atoms with E-state index < -0.39 is 0 Å². The Morgan fingerprint density at radius 2 is 2.07 bits per heavy atom. The quantitative estimate of drug-likeness (QED) is 0.774. The van der Waals surface area contributed by atoms with E-state index in [1.807, 2.05) is 0 Å². The first-order valence-electron chi connectivity index (χ1n) is 4.09. The summed E-state index contributed by atoms with van der Waals surface area (Å²) in [7, 11) is 0. The predicted octanol–water partition coefficient (Wildman–Crippen LogP) is 3.07. The summed E-state index contributed by atoms with van der Waals surface area (Å²) >= 11 is 8.57. The van der Waals surface area contributed by atoms with Crippen molar-refractivity contribution in [2.24, 2.45) is 0 Å². The highest BCUT2D eigenvalue weighted by Crippen LogP contribution is 2.15. The van der Waals surface area contributed by atoms with Crippen molar-refractivity contribution < 1.29 is 9.18 Å². The lowest BCUT2D eigenvalue weighted by molar-refractivity contribution is -0.115. The maximum Gasteiger partial charge on any atom is 0.147 e. The number of alkyl halides is 2. The Hall–Kier alpha value is -0.410. The van der Waals surface area contributed by atoms with Crippen LogP contribution >= 0.6 is 27.5 Å². The van der Waals surface area contributed by atoms with Gasteiger partial charge >= 0.3 is 0 Å². The molecule has 0 aromatic heterocycles. The van der Waals surface area contributed by atoms with E-state index in [9.17, 15) is 9.18 Å². The van der Waals surface area contributed by atoms with Gasteiger partial charge in [-0.3, -0.25) is 4.79 Å². The first kappa shape index (κ1) is 11.7. The fourth-order valence-electron chi connectivity index (χ4n) is 1.13. The summed E-state index contributed by atoms with van der Waals surface area (Å²) in [4.78, 5) is 11.1. The van der Waals surface area contributed by atoms with Crippen LogP contribution in [0.3, 0.4) is 0 Å². The van der Waals surface area contributed by atoms with Crippen molar-refractivity contribution in [2.45, 2.75) is 12.3 Å². The Morgan fingerprint density at radius 3 is 2.64 bits per heavy atom. The molecule has 76 valence electrons. The summed E-state index contributed by atoms with van der Waals surface area (Å²) in [6.45, 7) is 0. The van der Waals surface area contributed by atoms with Gasteiger partial charge in [-0.1, -0.05) is 34.1 Å². The van der Waals surface area contributed by atoms with Crippen molar-refractivity contribution in [3.63, 3.8) is 0 Å². The van der Waals surface area contributed by atoms with Crippen LogP contribution in [0.5, 0.6) is 0 Å². The maximum absolute atomic E-state index is 13.5. The van der Waals surface area contributed by atoms with Gasteiger partial charge in [0, 0.05) is 12.0 Å². The molecule has 0 bridgehead atoms. The first-order chi connectivity index (χ1) is 6.69. The summed E-state index contributed by atoms with van der Waals surface area (Å²) in [5, 5.41) is 0.248. The summed E-state index contributed by atoms with van der Waals surface area (Å²) < 4.78 is 13.5. The highest BCUT2D eigenvalue weighted by molar-refractivity contribution is 9.09. The van der Waals surface area contributed by atoms with Crippen molar-refractivity contribution in [1.29, 1.82) is 0 Å². The third-order valence-electron chi connectivity index (χ3n) is 1.84. The topological polar surface area (TPSA) is 17.1 Å². The predicted molar refractivity (Wildman–Crippen MR) is 58.5 cm³/mol. The number of Topliss-reactive ketones (excluding diaryl/α,β-unsaturated/α-hetero) is 1. The van der Waals surface area contributed by atoms with Crippen molar-refractivity contribution in [1.82, 2.24) is 0 Å². The van der Waals surface area contributed by atoms with Gasteiger partial charge in [0.25, 0.3) is 0 Å². The van der Waals surface area contributed by atoms with Crippen LogP contribution in [0.15, 0.2) is 18.2 Å². The minimum Gasteiger partial charge on any atom is -0.298 e. The SMILES string of the molecule is O=C(CBr)Cc1cccc(CCl)c1F. The van der Waals surface area contributed by atoms with Crippen molar-refractivity contribution in [2.75, 3.05) is 5.33 Å². The van der Waals surface area contributed by atoms with E-state index in [4.69, 9.17) is 11.6 Å². The minimum absolute atomic E-state index is 0.0457. The normalized spacial score (nSPS) is 10.2. The van der Waals surface area contributed by atoms with E-state index >= 15 is 0 Å². The van der Waals surface area contributed by atoms with Crippen LogP contribution in [0, 0.1) is 5.82 Å². The molecule has 1 aromatic rings. The molecular formula is C10H9BrClFO. The lowest BCUT2D eigenvalue weighted by Gasteiger charge is -2.04. The van der Waals surface area contributed by atoms with Crippen molar-refractivity contribution in [3.8, 4) is 0 Å². The minimum atomic E-state index is -0.364. The van der Waals surface area contributed by atoms with Crippen molar-refractivity contribution in [3.05, 3.63) is 35.1 Å². The van der Waals surface area contributed by atoms with Gasteiger partial charge in [0.1, 0.15) is 11.6 Å². The second-order valence-electron chi connectivity index (χ2n) is 2.87. The molecule has 0 radical (unpaired) electrons. The number of hydrogen-bond donors (Lipinski definition) is 0. The number of carbonyl (C=O) groups is 1. The van der Waals surface area contributed by atoms with Crippen LogP contribution < -0.4 is 0 Å². The molecule has 4 heteroatoms. The Balaban J connectivity index is 2.92. The van der Waals surface area contributed by atoms with Crippen LogP contribution in [0.4, 0.5) is 4.39 Å². The smallest absolute Gasteiger partial charge is 0.147 e. The average molecular weight is 280 g/mol. The van der Waals surface area contributed by atoms with E-state index in [1.165, 1.54) is 0 Å². The maximum atomic E-state index is 13.5. The average Bonchev–Trinajstić information content (AvgIpc) is 2.21. The Morgan fingerprint density at radius 1 is 1.43 bits per heavy atom. The number of benzene rings is 1. The van der Waals surface area contributed by atoms with Crippen LogP contribution in [0.1, 0.15) is 11.1 Å². The van der Waals surface area contributed by atoms with Gasteiger partial charge in [-0.05, 0) is 5.56 Å². The summed E-state index contributed by atoms with van der Waals surface area (Å²) in [5.41, 5.74) is 0.846. The van der Waals surface area contributed by atoms with E-state index in [0.29, 0.717) is 11.1 Å². The molecule has 14 heavy (non-hydrogen) atoms. The second kappa shape index (κ2) is 5.47. The number of rotatable bonds is 4. The molecule has 0 spiro atoms. The third-order valence-corrected chi connectivity index (χ3v) is 2.75. The lowest BCUT2D eigenvalue weighted by Crippen LogP contribution is -2.06. The molecule has 1 rings (SSSR count). The Bertz CT molecular complexity index is 341. The number of ketones is 1. The van der Waals surface area contributed by atoms with E-state index in [1.54, 1.807) is 18.2 Å². The molecular weight excluding hydrogens is 270 g/mol. The van der Waals surface area contributed by atoms with Gasteiger partial charge in [-0.2, -0.15) is 0 Å². The molecule has 0 aliphatic carbocycles. The van der Waals surface area contributed by atoms with Gasteiger partial charge in [-0.25, -0.2) is 4.39 Å². The van der Waals surface area contributed by atoms with Crippen LogP contribution in [0.25, 0.3) is 0 Å². The molecule has 0 unspecified atom stereocenters. The zero-order chi connectivity index (χ0) is 10.6. The van der Waals surface area contributed by atoms with Gasteiger partial charge in [0.15, 0.2) is 0 Å². The van der Waals surface area contributed by atoms with Crippen LogP contribution in [0.2, 0.25) is 0 Å². The number of halogens is 3. The van der Waals surface area contributed by atoms with E-state index in [0.717, 1.165) is 0 Å². The highest BCUT2D eigenvalue weighted by Gasteiger charge is 2.09. The van der Waals surface area contributed by atoms with Gasteiger partial charge in [0.2, 0.25) is 0 Å². The van der Waals surface area contributed by atoms with E-state index in [-0.39, 0.29) is 29.2 Å². The zero-order valence-corrected chi connectivity index (χ0v) is 9.74.